The monoisotopic (exact) mass is 336 g/mol. The van der Waals surface area contributed by atoms with Crippen molar-refractivity contribution in [1.82, 2.24) is 18.9 Å². The van der Waals surface area contributed by atoms with Gasteiger partial charge in [-0.05, 0) is 68.2 Å². The van der Waals surface area contributed by atoms with E-state index >= 15 is 0 Å². The minimum absolute atomic E-state index is 0.0689. The Labute approximate surface area is 147 Å². The molecular weight excluding hydrogens is 312 g/mol. The van der Waals surface area contributed by atoms with Gasteiger partial charge < -0.3 is 13.9 Å². The van der Waals surface area contributed by atoms with Gasteiger partial charge in [-0.15, -0.1) is 0 Å². The molecule has 3 aromatic heterocycles. The van der Waals surface area contributed by atoms with Gasteiger partial charge in [0.05, 0.1) is 0 Å². The maximum atomic E-state index is 12.4. The minimum atomic E-state index is 0.0689. The van der Waals surface area contributed by atoms with Crippen molar-refractivity contribution in [2.75, 3.05) is 19.6 Å². The smallest absolute Gasteiger partial charge is 0.251 e. The molecule has 130 valence electrons. The number of hydrogen-bond acceptors (Lipinski definition) is 3. The number of aryl methyl sites for hydroxylation is 1. The molecule has 0 radical (unpaired) electrons. The average Bonchev–Trinajstić information content (AvgIpc) is 3.11. The van der Waals surface area contributed by atoms with E-state index in [1.54, 1.807) is 12.3 Å². The van der Waals surface area contributed by atoms with Gasteiger partial charge in [0.15, 0.2) is 0 Å². The SMILES string of the molecule is O=c1cc(-c2ccn3ccnc3c2)ccn1CCCN1CCCCC1. The van der Waals surface area contributed by atoms with Gasteiger partial charge in [-0.1, -0.05) is 6.42 Å². The van der Waals surface area contributed by atoms with E-state index in [9.17, 15) is 4.79 Å². The fourth-order valence-electron chi connectivity index (χ4n) is 3.61. The first-order chi connectivity index (χ1) is 12.3. The molecule has 1 saturated heterocycles. The molecule has 0 aromatic carbocycles. The summed E-state index contributed by atoms with van der Waals surface area (Å²) in [5, 5.41) is 0. The highest BCUT2D eigenvalue weighted by Crippen LogP contribution is 2.18. The van der Waals surface area contributed by atoms with E-state index in [1.807, 2.05) is 45.8 Å². The highest BCUT2D eigenvalue weighted by molar-refractivity contribution is 5.66. The molecule has 0 aliphatic carbocycles. The molecule has 25 heavy (non-hydrogen) atoms. The first-order valence-electron chi connectivity index (χ1n) is 9.15. The number of imidazole rings is 1. The fourth-order valence-corrected chi connectivity index (χ4v) is 3.61. The van der Waals surface area contributed by atoms with Crippen LogP contribution in [0, 0.1) is 0 Å². The molecule has 0 bridgehead atoms. The van der Waals surface area contributed by atoms with Crippen LogP contribution < -0.4 is 5.56 Å². The normalized spacial score (nSPS) is 15.7. The van der Waals surface area contributed by atoms with Crippen LogP contribution in [-0.4, -0.2) is 38.5 Å². The summed E-state index contributed by atoms with van der Waals surface area (Å²) in [5.74, 6) is 0. The van der Waals surface area contributed by atoms with Crippen LogP contribution in [0.4, 0.5) is 0 Å². The van der Waals surface area contributed by atoms with Crippen molar-refractivity contribution >= 4 is 5.65 Å². The number of fused-ring (bicyclic) bond motifs is 1. The lowest BCUT2D eigenvalue weighted by Crippen LogP contribution is -2.31. The first-order valence-corrected chi connectivity index (χ1v) is 9.15. The summed E-state index contributed by atoms with van der Waals surface area (Å²) in [6.07, 6.45) is 12.6. The average molecular weight is 336 g/mol. The molecule has 0 saturated carbocycles. The number of likely N-dealkylation sites (tertiary alicyclic amines) is 1. The quantitative estimate of drug-likeness (QED) is 0.719. The Hall–Kier alpha value is -2.40. The van der Waals surface area contributed by atoms with Crippen molar-refractivity contribution in [3.05, 3.63) is 59.4 Å². The number of piperidine rings is 1. The summed E-state index contributed by atoms with van der Waals surface area (Å²) >= 11 is 0. The first kappa shape index (κ1) is 16.1. The predicted molar refractivity (Wildman–Crippen MR) is 99.8 cm³/mol. The minimum Gasteiger partial charge on any atom is -0.315 e. The third-order valence-corrected chi connectivity index (χ3v) is 5.05. The Morgan fingerprint density at radius 1 is 0.920 bits per heavy atom. The molecule has 0 atom stereocenters. The van der Waals surface area contributed by atoms with Gasteiger partial charge in [0.25, 0.3) is 5.56 Å². The maximum Gasteiger partial charge on any atom is 0.251 e. The number of aromatic nitrogens is 3. The molecule has 0 amide bonds. The molecule has 0 N–H and O–H groups in total. The standard InChI is InChI=1S/C20H24N4O/c25-20-16-18(17-5-12-23-14-7-21-19(23)15-17)6-13-24(20)11-4-10-22-8-2-1-3-9-22/h5-7,12-16H,1-4,8-11H2. The van der Waals surface area contributed by atoms with Crippen molar-refractivity contribution in [3.63, 3.8) is 0 Å². The van der Waals surface area contributed by atoms with Crippen LogP contribution in [0.2, 0.25) is 0 Å². The van der Waals surface area contributed by atoms with Gasteiger partial charge in [0.1, 0.15) is 5.65 Å². The zero-order valence-corrected chi connectivity index (χ0v) is 14.5. The van der Waals surface area contributed by atoms with Gasteiger partial charge in [-0.3, -0.25) is 4.79 Å². The number of hydrogen-bond donors (Lipinski definition) is 0. The molecule has 5 heteroatoms. The summed E-state index contributed by atoms with van der Waals surface area (Å²) in [5.41, 5.74) is 2.93. The molecule has 0 spiro atoms. The summed E-state index contributed by atoms with van der Waals surface area (Å²) in [4.78, 5) is 19.3. The van der Waals surface area contributed by atoms with Crippen LogP contribution in [0.15, 0.2) is 53.8 Å². The lowest BCUT2D eigenvalue weighted by Gasteiger charge is -2.26. The van der Waals surface area contributed by atoms with Gasteiger partial charge >= 0.3 is 0 Å². The van der Waals surface area contributed by atoms with E-state index in [0.29, 0.717) is 0 Å². The maximum absolute atomic E-state index is 12.4. The van der Waals surface area contributed by atoms with Crippen LogP contribution >= 0.6 is 0 Å². The van der Waals surface area contributed by atoms with Crippen molar-refractivity contribution in [2.45, 2.75) is 32.2 Å². The summed E-state index contributed by atoms with van der Waals surface area (Å²) in [6.45, 7) is 4.30. The molecular formula is C20H24N4O. The molecule has 1 aliphatic heterocycles. The molecule has 5 nitrogen and oxygen atoms in total. The largest absolute Gasteiger partial charge is 0.315 e. The topological polar surface area (TPSA) is 42.5 Å². The van der Waals surface area contributed by atoms with E-state index in [4.69, 9.17) is 0 Å². The fraction of sp³-hybridized carbons (Fsp3) is 0.400. The zero-order valence-electron chi connectivity index (χ0n) is 14.5. The van der Waals surface area contributed by atoms with E-state index in [1.165, 1.54) is 32.4 Å². The van der Waals surface area contributed by atoms with E-state index < -0.39 is 0 Å². The van der Waals surface area contributed by atoms with Crippen LogP contribution in [0.25, 0.3) is 16.8 Å². The van der Waals surface area contributed by atoms with Crippen LogP contribution in [0.5, 0.6) is 0 Å². The van der Waals surface area contributed by atoms with Crippen molar-refractivity contribution in [1.29, 1.82) is 0 Å². The second-order valence-electron chi connectivity index (χ2n) is 6.81. The highest BCUT2D eigenvalue weighted by atomic mass is 16.1. The Bertz CT molecular complexity index is 905. The molecule has 4 heterocycles. The lowest BCUT2D eigenvalue weighted by atomic mass is 10.1. The van der Waals surface area contributed by atoms with Gasteiger partial charge in [-0.2, -0.15) is 0 Å². The third kappa shape index (κ3) is 3.66. The Morgan fingerprint density at radius 3 is 2.56 bits per heavy atom. The van der Waals surface area contributed by atoms with Gasteiger partial charge in [0, 0.05) is 37.4 Å². The number of pyridine rings is 2. The van der Waals surface area contributed by atoms with Crippen molar-refractivity contribution in [2.24, 2.45) is 0 Å². The molecule has 1 fully saturated rings. The summed E-state index contributed by atoms with van der Waals surface area (Å²) in [7, 11) is 0. The summed E-state index contributed by atoms with van der Waals surface area (Å²) in [6, 6.07) is 7.78. The molecule has 3 aromatic rings. The molecule has 0 unspecified atom stereocenters. The van der Waals surface area contributed by atoms with Crippen molar-refractivity contribution in [3.8, 4) is 11.1 Å². The van der Waals surface area contributed by atoms with E-state index in [2.05, 4.69) is 9.88 Å². The number of nitrogens with zero attached hydrogens (tertiary/aromatic N) is 4. The van der Waals surface area contributed by atoms with Crippen LogP contribution in [0.3, 0.4) is 0 Å². The van der Waals surface area contributed by atoms with Gasteiger partial charge in [-0.25, -0.2) is 4.98 Å². The predicted octanol–water partition coefficient (Wildman–Crippen LogP) is 3.04. The second-order valence-corrected chi connectivity index (χ2v) is 6.81. The highest BCUT2D eigenvalue weighted by Gasteiger charge is 2.09. The van der Waals surface area contributed by atoms with Crippen LogP contribution in [-0.2, 0) is 6.54 Å². The molecule has 4 rings (SSSR count). The van der Waals surface area contributed by atoms with Crippen LogP contribution in [0.1, 0.15) is 25.7 Å². The summed E-state index contributed by atoms with van der Waals surface area (Å²) < 4.78 is 3.78. The lowest BCUT2D eigenvalue weighted by molar-refractivity contribution is 0.222. The third-order valence-electron chi connectivity index (χ3n) is 5.05. The van der Waals surface area contributed by atoms with E-state index in [-0.39, 0.29) is 5.56 Å². The van der Waals surface area contributed by atoms with Gasteiger partial charge in [0.2, 0.25) is 0 Å². The number of rotatable bonds is 5. The van der Waals surface area contributed by atoms with E-state index in [0.717, 1.165) is 36.3 Å². The Kier molecular flexibility index (Phi) is 4.65. The Morgan fingerprint density at radius 2 is 1.72 bits per heavy atom. The Balaban J connectivity index is 1.43. The molecule has 1 aliphatic rings. The second kappa shape index (κ2) is 7.23. The zero-order chi connectivity index (χ0) is 17.1. The van der Waals surface area contributed by atoms with Crippen molar-refractivity contribution < 1.29 is 0 Å².